The second-order valence-electron chi connectivity index (χ2n) is 3.13. The summed E-state index contributed by atoms with van der Waals surface area (Å²) < 4.78 is 14.0. The van der Waals surface area contributed by atoms with Crippen LogP contribution in [0.15, 0.2) is 28.8 Å². The molecule has 72 valence electrons. The summed E-state index contributed by atoms with van der Waals surface area (Å²) in [5, 5.41) is 8.80. The van der Waals surface area contributed by atoms with Crippen molar-refractivity contribution >= 4 is 15.9 Å². The summed E-state index contributed by atoms with van der Waals surface area (Å²) >= 11 is 3.29. The fourth-order valence-electron chi connectivity index (χ4n) is 1.19. The minimum absolute atomic E-state index is 0.0994. The third kappa shape index (κ3) is 2.21. The summed E-state index contributed by atoms with van der Waals surface area (Å²) in [6.07, 6.45) is 0.515. The van der Waals surface area contributed by atoms with Gasteiger partial charge in [-0.05, 0) is 31.0 Å². The summed E-state index contributed by atoms with van der Waals surface area (Å²) in [4.78, 5) is 0. The molecular formula is C11H9BrFN. The van der Waals surface area contributed by atoms with Gasteiger partial charge in [-0.2, -0.15) is 5.26 Å². The number of rotatable bonds is 2. The fraction of sp³-hybridized carbons (Fsp3) is 0.182. The number of nitriles is 1. The standard InChI is InChI=1S/C11H9BrFN/c1-7(2)5-8-9(6-14)11(13)4-3-10(8)12/h3-4H,1,5H2,2H3. The van der Waals surface area contributed by atoms with E-state index >= 15 is 0 Å². The van der Waals surface area contributed by atoms with Crippen LogP contribution in [0.2, 0.25) is 0 Å². The Morgan fingerprint density at radius 3 is 2.79 bits per heavy atom. The maximum absolute atomic E-state index is 13.2. The van der Waals surface area contributed by atoms with Gasteiger partial charge in [-0.1, -0.05) is 28.1 Å². The first-order valence-corrected chi connectivity index (χ1v) is 4.87. The smallest absolute Gasteiger partial charge is 0.141 e. The zero-order valence-electron chi connectivity index (χ0n) is 7.77. The number of halogens is 2. The average molecular weight is 254 g/mol. The van der Waals surface area contributed by atoms with Crippen molar-refractivity contribution in [3.05, 3.63) is 45.7 Å². The molecule has 0 fully saturated rings. The molecule has 14 heavy (non-hydrogen) atoms. The van der Waals surface area contributed by atoms with Crippen LogP contribution in [0.3, 0.4) is 0 Å². The van der Waals surface area contributed by atoms with Crippen LogP contribution < -0.4 is 0 Å². The minimum Gasteiger partial charge on any atom is -0.206 e. The van der Waals surface area contributed by atoms with E-state index in [1.165, 1.54) is 6.07 Å². The van der Waals surface area contributed by atoms with Gasteiger partial charge in [0.1, 0.15) is 11.9 Å². The molecule has 0 N–H and O–H groups in total. The zero-order chi connectivity index (χ0) is 10.7. The van der Waals surface area contributed by atoms with E-state index in [-0.39, 0.29) is 5.56 Å². The lowest BCUT2D eigenvalue weighted by Gasteiger charge is -2.06. The van der Waals surface area contributed by atoms with E-state index in [2.05, 4.69) is 22.5 Å². The van der Waals surface area contributed by atoms with E-state index in [1.54, 1.807) is 6.07 Å². The predicted molar refractivity (Wildman–Crippen MR) is 57.3 cm³/mol. The number of nitrogens with zero attached hydrogens (tertiary/aromatic N) is 1. The summed E-state index contributed by atoms with van der Waals surface area (Å²) in [6, 6.07) is 4.75. The molecule has 0 atom stereocenters. The Bertz CT molecular complexity index is 418. The van der Waals surface area contributed by atoms with Gasteiger partial charge in [0.05, 0.1) is 5.56 Å². The first-order valence-electron chi connectivity index (χ1n) is 4.07. The summed E-state index contributed by atoms with van der Waals surface area (Å²) in [6.45, 7) is 5.59. The minimum atomic E-state index is -0.480. The van der Waals surface area contributed by atoms with Crippen LogP contribution in [0.5, 0.6) is 0 Å². The van der Waals surface area contributed by atoms with Gasteiger partial charge in [-0.3, -0.25) is 0 Å². The molecule has 1 nitrogen and oxygen atoms in total. The van der Waals surface area contributed by atoms with Crippen molar-refractivity contribution in [3.63, 3.8) is 0 Å². The highest BCUT2D eigenvalue weighted by molar-refractivity contribution is 9.10. The van der Waals surface area contributed by atoms with E-state index in [9.17, 15) is 4.39 Å². The van der Waals surface area contributed by atoms with Crippen LogP contribution in [0.1, 0.15) is 18.1 Å². The topological polar surface area (TPSA) is 23.8 Å². The number of allylic oxidation sites excluding steroid dienone is 1. The maximum Gasteiger partial charge on any atom is 0.141 e. The third-order valence-electron chi connectivity index (χ3n) is 1.80. The number of benzene rings is 1. The first-order chi connectivity index (χ1) is 6.56. The molecule has 0 unspecified atom stereocenters. The highest BCUT2D eigenvalue weighted by atomic mass is 79.9. The quantitative estimate of drug-likeness (QED) is 0.740. The molecular weight excluding hydrogens is 245 g/mol. The second-order valence-corrected chi connectivity index (χ2v) is 3.98. The van der Waals surface area contributed by atoms with Crippen molar-refractivity contribution in [2.24, 2.45) is 0 Å². The van der Waals surface area contributed by atoms with Gasteiger partial charge in [-0.25, -0.2) is 4.39 Å². The van der Waals surface area contributed by atoms with Gasteiger partial charge in [0, 0.05) is 4.47 Å². The Morgan fingerprint density at radius 1 is 1.64 bits per heavy atom. The average Bonchev–Trinajstić information content (AvgIpc) is 2.11. The molecule has 0 aliphatic rings. The van der Waals surface area contributed by atoms with Crippen LogP contribution in [-0.2, 0) is 6.42 Å². The van der Waals surface area contributed by atoms with Crippen LogP contribution in [0, 0.1) is 17.1 Å². The molecule has 0 aliphatic heterocycles. The summed E-state index contributed by atoms with van der Waals surface area (Å²) in [5.74, 6) is -0.480. The summed E-state index contributed by atoms with van der Waals surface area (Å²) in [7, 11) is 0. The molecule has 0 amide bonds. The molecule has 3 heteroatoms. The van der Waals surface area contributed by atoms with Crippen LogP contribution in [-0.4, -0.2) is 0 Å². The van der Waals surface area contributed by atoms with Crippen molar-refractivity contribution in [3.8, 4) is 6.07 Å². The molecule has 1 aromatic rings. The van der Waals surface area contributed by atoms with E-state index < -0.39 is 5.82 Å². The normalized spacial score (nSPS) is 9.57. The van der Waals surface area contributed by atoms with Gasteiger partial charge in [-0.15, -0.1) is 0 Å². The molecule has 1 aromatic carbocycles. The third-order valence-corrected chi connectivity index (χ3v) is 2.54. The van der Waals surface area contributed by atoms with Gasteiger partial charge in [0.2, 0.25) is 0 Å². The van der Waals surface area contributed by atoms with Crippen molar-refractivity contribution in [2.45, 2.75) is 13.3 Å². The molecule has 0 aliphatic carbocycles. The van der Waals surface area contributed by atoms with E-state index in [1.807, 2.05) is 13.0 Å². The van der Waals surface area contributed by atoms with Crippen molar-refractivity contribution in [1.29, 1.82) is 5.26 Å². The highest BCUT2D eigenvalue weighted by Crippen LogP contribution is 2.24. The largest absolute Gasteiger partial charge is 0.206 e. The van der Waals surface area contributed by atoms with Crippen molar-refractivity contribution < 1.29 is 4.39 Å². The lowest BCUT2D eigenvalue weighted by molar-refractivity contribution is 0.621. The van der Waals surface area contributed by atoms with Crippen LogP contribution in [0.4, 0.5) is 4.39 Å². The SMILES string of the molecule is C=C(C)Cc1c(Br)ccc(F)c1C#N. The van der Waals surface area contributed by atoms with Crippen molar-refractivity contribution in [2.75, 3.05) is 0 Å². The Balaban J connectivity index is 3.31. The molecule has 0 radical (unpaired) electrons. The molecule has 0 aromatic heterocycles. The molecule has 0 saturated carbocycles. The molecule has 0 saturated heterocycles. The summed E-state index contributed by atoms with van der Waals surface area (Å²) in [5.41, 5.74) is 1.66. The van der Waals surface area contributed by atoms with E-state index in [0.29, 0.717) is 12.0 Å². The van der Waals surface area contributed by atoms with Gasteiger partial charge in [0.25, 0.3) is 0 Å². The van der Waals surface area contributed by atoms with E-state index in [0.717, 1.165) is 10.0 Å². The Kier molecular flexibility index (Phi) is 3.43. The predicted octanol–water partition coefficient (Wildman–Crippen LogP) is 3.58. The Labute approximate surface area is 91.0 Å². The monoisotopic (exact) mass is 253 g/mol. The van der Waals surface area contributed by atoms with Gasteiger partial charge < -0.3 is 0 Å². The maximum atomic E-state index is 13.2. The molecule has 1 rings (SSSR count). The molecule has 0 spiro atoms. The van der Waals surface area contributed by atoms with Crippen LogP contribution >= 0.6 is 15.9 Å². The zero-order valence-corrected chi connectivity index (χ0v) is 9.36. The Hall–Kier alpha value is -1.14. The van der Waals surface area contributed by atoms with Crippen molar-refractivity contribution in [1.82, 2.24) is 0 Å². The highest BCUT2D eigenvalue weighted by Gasteiger charge is 2.11. The molecule has 0 bridgehead atoms. The number of hydrogen-bond acceptors (Lipinski definition) is 1. The Morgan fingerprint density at radius 2 is 2.29 bits per heavy atom. The van der Waals surface area contributed by atoms with E-state index in [4.69, 9.17) is 5.26 Å². The first kappa shape index (κ1) is 10.9. The lowest BCUT2D eigenvalue weighted by atomic mass is 10.0. The molecule has 0 heterocycles. The van der Waals surface area contributed by atoms with Gasteiger partial charge >= 0.3 is 0 Å². The lowest BCUT2D eigenvalue weighted by Crippen LogP contribution is -1.96. The number of hydrogen-bond donors (Lipinski definition) is 0. The van der Waals surface area contributed by atoms with Crippen LogP contribution in [0.25, 0.3) is 0 Å². The fourth-order valence-corrected chi connectivity index (χ4v) is 1.66. The second kappa shape index (κ2) is 4.39. The van der Waals surface area contributed by atoms with Gasteiger partial charge in [0.15, 0.2) is 0 Å².